The van der Waals surface area contributed by atoms with Crippen LogP contribution in [0.1, 0.15) is 24.8 Å². The molecule has 2 heterocycles. The number of benzene rings is 1. The quantitative estimate of drug-likeness (QED) is 0.488. The molecule has 29 heavy (non-hydrogen) atoms. The summed E-state index contributed by atoms with van der Waals surface area (Å²) in [4.78, 5) is 24.0. The van der Waals surface area contributed by atoms with E-state index in [9.17, 15) is 18.0 Å². The van der Waals surface area contributed by atoms with Crippen molar-refractivity contribution in [3.63, 3.8) is 0 Å². The molecule has 0 saturated carbocycles. The van der Waals surface area contributed by atoms with Gasteiger partial charge in [-0.15, -0.1) is 11.3 Å². The Kier molecular flexibility index (Phi) is 7.40. The lowest BCUT2D eigenvalue weighted by molar-refractivity contribution is -0.139. The molecule has 1 atom stereocenters. The van der Waals surface area contributed by atoms with Crippen LogP contribution in [0.15, 0.2) is 52.1 Å². The second-order valence-corrected chi connectivity index (χ2v) is 9.96. The zero-order valence-corrected chi connectivity index (χ0v) is 17.7. The maximum Gasteiger partial charge on any atom is 0.309 e. The number of nitrogens with one attached hydrogen (secondary N) is 2. The Morgan fingerprint density at radius 2 is 1.83 bits per heavy atom. The lowest BCUT2D eigenvalue weighted by atomic mass is 10.1. The number of nitrogens with zero attached hydrogens (tertiary/aromatic N) is 1. The van der Waals surface area contributed by atoms with Gasteiger partial charge in [-0.2, -0.15) is 4.31 Å². The average Bonchev–Trinajstić information content (AvgIpc) is 3.42. The molecule has 1 aliphatic heterocycles. The Morgan fingerprint density at radius 3 is 2.55 bits per heavy atom. The van der Waals surface area contributed by atoms with Gasteiger partial charge in [0.15, 0.2) is 0 Å². The minimum Gasteiger partial charge on any atom is -0.348 e. The predicted octanol–water partition coefficient (Wildman–Crippen LogP) is 1.77. The summed E-state index contributed by atoms with van der Waals surface area (Å²) in [5.41, 5.74) is 1.18. The second kappa shape index (κ2) is 10.00. The molecule has 1 fully saturated rings. The van der Waals surface area contributed by atoms with Crippen LogP contribution in [0, 0.1) is 0 Å². The standard InChI is InChI=1S/C20H25N3O4S2/c24-19(21-12-4-9-16-7-2-1-3-8-16)20(25)22-15-17-10-5-13-23(17)29(26,27)18-11-6-14-28-18/h1-3,6-8,11,14,17H,4-5,9-10,12-13,15H2,(H,21,24)(H,22,25)/t17-/m0/s1. The summed E-state index contributed by atoms with van der Waals surface area (Å²) in [5, 5.41) is 6.91. The first-order chi connectivity index (χ1) is 14.0. The molecule has 1 aromatic heterocycles. The molecule has 2 aromatic rings. The fourth-order valence-electron chi connectivity index (χ4n) is 3.37. The van der Waals surface area contributed by atoms with Gasteiger partial charge in [-0.25, -0.2) is 8.42 Å². The van der Waals surface area contributed by atoms with E-state index in [2.05, 4.69) is 10.6 Å². The van der Waals surface area contributed by atoms with Gasteiger partial charge in [0.2, 0.25) is 0 Å². The summed E-state index contributed by atoms with van der Waals surface area (Å²) < 4.78 is 27.2. The molecule has 1 aromatic carbocycles. The van der Waals surface area contributed by atoms with Crippen molar-refractivity contribution in [3.05, 3.63) is 53.4 Å². The first-order valence-corrected chi connectivity index (χ1v) is 12.0. The number of aryl methyl sites for hydroxylation is 1. The Balaban J connectivity index is 1.42. The third kappa shape index (κ3) is 5.65. The van der Waals surface area contributed by atoms with E-state index in [1.54, 1.807) is 17.5 Å². The van der Waals surface area contributed by atoms with E-state index in [0.29, 0.717) is 23.7 Å². The molecule has 0 spiro atoms. The lowest BCUT2D eigenvalue weighted by Gasteiger charge is -2.23. The van der Waals surface area contributed by atoms with Crippen molar-refractivity contribution in [2.75, 3.05) is 19.6 Å². The molecular weight excluding hydrogens is 410 g/mol. The molecule has 0 radical (unpaired) electrons. The smallest absolute Gasteiger partial charge is 0.309 e. The highest BCUT2D eigenvalue weighted by atomic mass is 32.2. The number of carbonyl (C=O) groups excluding carboxylic acids is 2. The van der Waals surface area contributed by atoms with E-state index >= 15 is 0 Å². The van der Waals surface area contributed by atoms with E-state index in [0.717, 1.165) is 19.3 Å². The van der Waals surface area contributed by atoms with Crippen LogP contribution in [0.4, 0.5) is 0 Å². The number of hydrogen-bond donors (Lipinski definition) is 2. The highest BCUT2D eigenvalue weighted by molar-refractivity contribution is 7.91. The molecule has 0 unspecified atom stereocenters. The second-order valence-electron chi connectivity index (χ2n) is 6.90. The van der Waals surface area contributed by atoms with Gasteiger partial charge in [0, 0.05) is 25.7 Å². The third-order valence-electron chi connectivity index (χ3n) is 4.86. The highest BCUT2D eigenvalue weighted by Crippen LogP contribution is 2.28. The van der Waals surface area contributed by atoms with E-state index in [4.69, 9.17) is 0 Å². The summed E-state index contributed by atoms with van der Waals surface area (Å²) in [6, 6.07) is 12.9. The Bertz CT molecular complexity index is 914. The maximum atomic E-state index is 12.7. The van der Waals surface area contributed by atoms with Gasteiger partial charge >= 0.3 is 11.8 Å². The molecular formula is C20H25N3O4S2. The number of thiophene rings is 1. The minimum atomic E-state index is -3.56. The Morgan fingerprint density at radius 1 is 1.07 bits per heavy atom. The van der Waals surface area contributed by atoms with E-state index in [1.165, 1.54) is 21.2 Å². The number of carbonyl (C=O) groups is 2. The topological polar surface area (TPSA) is 95.6 Å². The van der Waals surface area contributed by atoms with Gasteiger partial charge < -0.3 is 10.6 Å². The Hall–Kier alpha value is -2.23. The van der Waals surface area contributed by atoms with E-state index in [1.807, 2.05) is 30.3 Å². The number of amides is 2. The Labute approximate surface area is 175 Å². The summed E-state index contributed by atoms with van der Waals surface area (Å²) >= 11 is 1.18. The third-order valence-corrected chi connectivity index (χ3v) is 8.18. The van der Waals surface area contributed by atoms with Crippen LogP contribution in [-0.4, -0.2) is 50.2 Å². The van der Waals surface area contributed by atoms with Gasteiger partial charge in [-0.1, -0.05) is 36.4 Å². The molecule has 0 bridgehead atoms. The van der Waals surface area contributed by atoms with E-state index < -0.39 is 21.8 Å². The van der Waals surface area contributed by atoms with Crippen LogP contribution in [0.3, 0.4) is 0 Å². The predicted molar refractivity (Wildman–Crippen MR) is 112 cm³/mol. The molecule has 156 valence electrons. The largest absolute Gasteiger partial charge is 0.348 e. The van der Waals surface area contributed by atoms with Crippen molar-refractivity contribution in [1.82, 2.24) is 14.9 Å². The van der Waals surface area contributed by atoms with Crippen molar-refractivity contribution in [1.29, 1.82) is 0 Å². The fourth-order valence-corrected chi connectivity index (χ4v) is 6.18. The number of hydrogen-bond acceptors (Lipinski definition) is 5. The van der Waals surface area contributed by atoms with Crippen molar-refractivity contribution in [3.8, 4) is 0 Å². The van der Waals surface area contributed by atoms with Crippen molar-refractivity contribution >= 4 is 33.2 Å². The number of rotatable bonds is 8. The molecule has 2 amide bonds. The van der Waals surface area contributed by atoms with Crippen LogP contribution in [0.25, 0.3) is 0 Å². The van der Waals surface area contributed by atoms with Crippen LogP contribution in [0.5, 0.6) is 0 Å². The molecule has 1 aliphatic rings. The zero-order chi connectivity index (χ0) is 20.7. The monoisotopic (exact) mass is 435 g/mol. The molecule has 1 saturated heterocycles. The van der Waals surface area contributed by atoms with Crippen LogP contribution >= 0.6 is 11.3 Å². The molecule has 3 rings (SSSR count). The SMILES string of the molecule is O=C(NCCCc1ccccc1)C(=O)NC[C@@H]1CCCN1S(=O)(=O)c1cccs1. The normalized spacial score (nSPS) is 17.2. The van der Waals surface area contributed by atoms with Crippen LogP contribution < -0.4 is 10.6 Å². The fraction of sp³-hybridized carbons (Fsp3) is 0.400. The first-order valence-electron chi connectivity index (χ1n) is 9.64. The van der Waals surface area contributed by atoms with Gasteiger partial charge in [-0.3, -0.25) is 9.59 Å². The summed E-state index contributed by atoms with van der Waals surface area (Å²) in [6.45, 7) is 0.955. The van der Waals surface area contributed by atoms with Crippen molar-refractivity contribution in [2.45, 2.75) is 35.9 Å². The lowest BCUT2D eigenvalue weighted by Crippen LogP contribution is -2.47. The van der Waals surface area contributed by atoms with Gasteiger partial charge in [0.05, 0.1) is 0 Å². The summed E-state index contributed by atoms with van der Waals surface area (Å²) in [5.74, 6) is -1.42. The maximum absolute atomic E-state index is 12.7. The molecule has 9 heteroatoms. The van der Waals surface area contributed by atoms with Gasteiger partial charge in [0.25, 0.3) is 10.0 Å². The van der Waals surface area contributed by atoms with Crippen molar-refractivity contribution in [2.24, 2.45) is 0 Å². The summed E-state index contributed by atoms with van der Waals surface area (Å²) in [7, 11) is -3.56. The van der Waals surface area contributed by atoms with Crippen LogP contribution in [-0.2, 0) is 26.0 Å². The first kappa shape index (κ1) is 21.5. The van der Waals surface area contributed by atoms with Crippen LogP contribution in [0.2, 0.25) is 0 Å². The molecule has 2 N–H and O–H groups in total. The highest BCUT2D eigenvalue weighted by Gasteiger charge is 2.36. The minimum absolute atomic E-state index is 0.126. The van der Waals surface area contributed by atoms with Crippen molar-refractivity contribution < 1.29 is 18.0 Å². The van der Waals surface area contributed by atoms with E-state index in [-0.39, 0.29) is 12.6 Å². The van der Waals surface area contributed by atoms with Gasteiger partial charge in [-0.05, 0) is 42.7 Å². The molecule has 7 nitrogen and oxygen atoms in total. The number of sulfonamides is 1. The van der Waals surface area contributed by atoms with Gasteiger partial charge in [0.1, 0.15) is 4.21 Å². The molecule has 0 aliphatic carbocycles. The summed E-state index contributed by atoms with van der Waals surface area (Å²) in [6.07, 6.45) is 2.94. The average molecular weight is 436 g/mol. The zero-order valence-electron chi connectivity index (χ0n) is 16.0.